The van der Waals surface area contributed by atoms with Crippen molar-refractivity contribution in [2.75, 3.05) is 6.54 Å². The van der Waals surface area contributed by atoms with Crippen LogP contribution in [0.3, 0.4) is 0 Å². The Labute approximate surface area is 100 Å². The molecule has 0 aliphatic rings. The van der Waals surface area contributed by atoms with Crippen LogP contribution in [0.25, 0.3) is 11.0 Å². The molecule has 2 aromatic rings. The fraction of sp³-hybridized carbons (Fsp3) is 0.385. The van der Waals surface area contributed by atoms with E-state index in [1.54, 1.807) is 11.5 Å². The van der Waals surface area contributed by atoms with E-state index in [4.69, 9.17) is 5.73 Å². The minimum atomic E-state index is -0.0241. The summed E-state index contributed by atoms with van der Waals surface area (Å²) in [6.07, 6.45) is 0. The number of benzene rings is 1. The molecule has 17 heavy (non-hydrogen) atoms. The van der Waals surface area contributed by atoms with Crippen LogP contribution in [-0.4, -0.2) is 16.1 Å². The molecule has 0 saturated carbocycles. The van der Waals surface area contributed by atoms with Gasteiger partial charge < -0.3 is 10.3 Å². The van der Waals surface area contributed by atoms with Crippen molar-refractivity contribution in [1.82, 2.24) is 9.55 Å². The number of hydrogen-bond acceptors (Lipinski definition) is 3. The van der Waals surface area contributed by atoms with Crippen LogP contribution in [0.2, 0.25) is 0 Å². The SMILES string of the molecule is Cc1nc2ccccc2n(CC(C)CN)c1=O. The molecule has 0 fully saturated rings. The van der Waals surface area contributed by atoms with Crippen LogP contribution in [0.15, 0.2) is 29.1 Å². The van der Waals surface area contributed by atoms with Gasteiger partial charge in [-0.1, -0.05) is 19.1 Å². The van der Waals surface area contributed by atoms with Crippen molar-refractivity contribution >= 4 is 11.0 Å². The van der Waals surface area contributed by atoms with Gasteiger partial charge in [0.15, 0.2) is 0 Å². The molecule has 0 amide bonds. The van der Waals surface area contributed by atoms with E-state index in [2.05, 4.69) is 4.98 Å². The number of aryl methyl sites for hydroxylation is 1. The zero-order chi connectivity index (χ0) is 12.4. The first-order valence-electron chi connectivity index (χ1n) is 5.79. The standard InChI is InChI=1S/C13H17N3O/c1-9(7-14)8-16-12-6-4-3-5-11(12)15-10(2)13(16)17/h3-6,9H,7-8,14H2,1-2H3. The molecule has 1 atom stereocenters. The molecule has 0 saturated heterocycles. The average Bonchev–Trinajstić information content (AvgIpc) is 2.34. The van der Waals surface area contributed by atoms with Gasteiger partial charge in [0, 0.05) is 6.54 Å². The summed E-state index contributed by atoms with van der Waals surface area (Å²) in [7, 11) is 0. The fourth-order valence-corrected chi connectivity index (χ4v) is 1.89. The van der Waals surface area contributed by atoms with Gasteiger partial charge in [-0.15, -0.1) is 0 Å². The van der Waals surface area contributed by atoms with Gasteiger partial charge in [-0.05, 0) is 31.5 Å². The first-order valence-corrected chi connectivity index (χ1v) is 5.79. The lowest BCUT2D eigenvalue weighted by molar-refractivity contribution is 0.490. The molecule has 2 rings (SSSR count). The lowest BCUT2D eigenvalue weighted by atomic mass is 10.1. The molecule has 0 spiro atoms. The second kappa shape index (κ2) is 4.67. The lowest BCUT2D eigenvalue weighted by Crippen LogP contribution is -2.28. The quantitative estimate of drug-likeness (QED) is 0.866. The highest BCUT2D eigenvalue weighted by atomic mass is 16.1. The van der Waals surface area contributed by atoms with Crippen LogP contribution in [0.5, 0.6) is 0 Å². The molecule has 4 heteroatoms. The average molecular weight is 231 g/mol. The number of fused-ring (bicyclic) bond motifs is 1. The zero-order valence-corrected chi connectivity index (χ0v) is 10.2. The van der Waals surface area contributed by atoms with Gasteiger partial charge >= 0.3 is 0 Å². The van der Waals surface area contributed by atoms with Crippen LogP contribution in [0, 0.1) is 12.8 Å². The third-order valence-electron chi connectivity index (χ3n) is 2.91. The molecule has 0 aliphatic heterocycles. The van der Waals surface area contributed by atoms with E-state index in [0.717, 1.165) is 11.0 Å². The molecule has 1 heterocycles. The maximum Gasteiger partial charge on any atom is 0.272 e. The Hall–Kier alpha value is -1.68. The van der Waals surface area contributed by atoms with Crippen molar-refractivity contribution in [3.8, 4) is 0 Å². The van der Waals surface area contributed by atoms with E-state index in [0.29, 0.717) is 18.8 Å². The third-order valence-corrected chi connectivity index (χ3v) is 2.91. The molecule has 0 aliphatic carbocycles. The Bertz CT molecular complexity index is 589. The number of aromatic nitrogens is 2. The number of para-hydroxylation sites is 2. The van der Waals surface area contributed by atoms with Crippen molar-refractivity contribution in [2.45, 2.75) is 20.4 Å². The van der Waals surface area contributed by atoms with E-state index in [1.807, 2.05) is 31.2 Å². The first kappa shape index (κ1) is 11.8. The second-order valence-corrected chi connectivity index (χ2v) is 4.44. The van der Waals surface area contributed by atoms with Crippen molar-refractivity contribution in [3.05, 3.63) is 40.3 Å². The van der Waals surface area contributed by atoms with Gasteiger partial charge in [-0.3, -0.25) is 4.79 Å². The Morgan fingerprint density at radius 3 is 2.82 bits per heavy atom. The molecular weight excluding hydrogens is 214 g/mol. The number of rotatable bonds is 3. The Balaban J connectivity index is 2.66. The fourth-order valence-electron chi connectivity index (χ4n) is 1.89. The number of nitrogens with zero attached hydrogens (tertiary/aromatic N) is 2. The van der Waals surface area contributed by atoms with Gasteiger partial charge in [0.2, 0.25) is 0 Å². The summed E-state index contributed by atoms with van der Waals surface area (Å²) in [6.45, 7) is 5.00. The van der Waals surface area contributed by atoms with Crippen molar-refractivity contribution in [3.63, 3.8) is 0 Å². The van der Waals surface area contributed by atoms with E-state index < -0.39 is 0 Å². The summed E-state index contributed by atoms with van der Waals surface area (Å²) in [5, 5.41) is 0. The summed E-state index contributed by atoms with van der Waals surface area (Å²) in [5.74, 6) is 0.276. The van der Waals surface area contributed by atoms with Crippen molar-refractivity contribution < 1.29 is 0 Å². The maximum absolute atomic E-state index is 12.1. The minimum Gasteiger partial charge on any atom is -0.330 e. The Kier molecular flexibility index (Phi) is 3.24. The predicted octanol–water partition coefficient (Wildman–Crippen LogP) is 1.30. The summed E-state index contributed by atoms with van der Waals surface area (Å²) in [6, 6.07) is 7.69. The van der Waals surface area contributed by atoms with Crippen LogP contribution < -0.4 is 11.3 Å². The highest BCUT2D eigenvalue weighted by Crippen LogP contribution is 2.11. The van der Waals surface area contributed by atoms with Gasteiger partial charge in [0.25, 0.3) is 5.56 Å². The molecule has 1 unspecified atom stereocenters. The summed E-state index contributed by atoms with van der Waals surface area (Å²) < 4.78 is 1.77. The normalized spacial score (nSPS) is 12.9. The maximum atomic E-state index is 12.1. The summed E-state index contributed by atoms with van der Waals surface area (Å²) in [4.78, 5) is 16.4. The van der Waals surface area contributed by atoms with Crippen molar-refractivity contribution in [2.24, 2.45) is 11.7 Å². The van der Waals surface area contributed by atoms with Crippen LogP contribution in [0.1, 0.15) is 12.6 Å². The highest BCUT2D eigenvalue weighted by molar-refractivity contribution is 5.74. The smallest absolute Gasteiger partial charge is 0.272 e. The van der Waals surface area contributed by atoms with E-state index >= 15 is 0 Å². The van der Waals surface area contributed by atoms with E-state index in [1.165, 1.54) is 0 Å². The molecule has 0 bridgehead atoms. The topological polar surface area (TPSA) is 60.9 Å². The van der Waals surface area contributed by atoms with Crippen LogP contribution >= 0.6 is 0 Å². The lowest BCUT2D eigenvalue weighted by Gasteiger charge is -2.14. The predicted molar refractivity (Wildman–Crippen MR) is 69.0 cm³/mol. The molecule has 4 nitrogen and oxygen atoms in total. The van der Waals surface area contributed by atoms with Crippen LogP contribution in [-0.2, 0) is 6.54 Å². The monoisotopic (exact) mass is 231 g/mol. The van der Waals surface area contributed by atoms with Crippen molar-refractivity contribution in [1.29, 1.82) is 0 Å². The van der Waals surface area contributed by atoms with E-state index in [9.17, 15) is 4.79 Å². The number of hydrogen-bond donors (Lipinski definition) is 1. The Morgan fingerprint density at radius 2 is 2.12 bits per heavy atom. The second-order valence-electron chi connectivity index (χ2n) is 4.44. The van der Waals surface area contributed by atoms with Crippen LogP contribution in [0.4, 0.5) is 0 Å². The molecular formula is C13H17N3O. The van der Waals surface area contributed by atoms with E-state index in [-0.39, 0.29) is 11.5 Å². The summed E-state index contributed by atoms with van der Waals surface area (Å²) >= 11 is 0. The summed E-state index contributed by atoms with van der Waals surface area (Å²) in [5.41, 5.74) is 7.87. The first-order chi connectivity index (χ1) is 8.13. The Morgan fingerprint density at radius 1 is 1.41 bits per heavy atom. The molecule has 90 valence electrons. The van der Waals surface area contributed by atoms with Gasteiger partial charge in [-0.25, -0.2) is 4.98 Å². The van der Waals surface area contributed by atoms with Gasteiger partial charge in [0.1, 0.15) is 5.69 Å². The van der Waals surface area contributed by atoms with Gasteiger partial charge in [0.05, 0.1) is 11.0 Å². The highest BCUT2D eigenvalue weighted by Gasteiger charge is 2.09. The number of nitrogens with two attached hydrogens (primary N) is 1. The largest absolute Gasteiger partial charge is 0.330 e. The molecule has 0 radical (unpaired) electrons. The minimum absolute atomic E-state index is 0.0241. The third kappa shape index (κ3) is 2.22. The zero-order valence-electron chi connectivity index (χ0n) is 10.2. The molecule has 1 aromatic carbocycles. The molecule has 1 aromatic heterocycles. The van der Waals surface area contributed by atoms with Gasteiger partial charge in [-0.2, -0.15) is 0 Å². The molecule has 2 N–H and O–H groups in total.